The highest BCUT2D eigenvalue weighted by Gasteiger charge is 2.34. The second-order valence-corrected chi connectivity index (χ2v) is 6.78. The van der Waals surface area contributed by atoms with Crippen LogP contribution in [0.15, 0.2) is 18.2 Å². The monoisotopic (exact) mass is 304 g/mol. The van der Waals surface area contributed by atoms with E-state index in [1.54, 1.807) is 4.90 Å². The van der Waals surface area contributed by atoms with Crippen LogP contribution in [0.1, 0.15) is 11.1 Å². The maximum atomic E-state index is 12.7. The Bertz CT molecular complexity index is 648. The average Bonchev–Trinajstić information content (AvgIpc) is 2.37. The van der Waals surface area contributed by atoms with E-state index in [-0.39, 0.29) is 24.6 Å². The molecule has 0 bridgehead atoms. The van der Waals surface area contributed by atoms with E-state index in [1.807, 2.05) is 0 Å². The number of benzene rings is 1. The second kappa shape index (κ2) is 4.98. The van der Waals surface area contributed by atoms with Gasteiger partial charge in [0.25, 0.3) is 0 Å². The van der Waals surface area contributed by atoms with Gasteiger partial charge in [-0.2, -0.15) is 18.4 Å². The molecule has 0 radical (unpaired) electrons. The molecular weight excluding hydrogens is 293 g/mol. The summed E-state index contributed by atoms with van der Waals surface area (Å²) in [7, 11) is -3.06. The number of alkyl halides is 3. The first-order valence-electron chi connectivity index (χ1n) is 5.80. The SMILES string of the molecule is N#Cc1cc(N2CCS(=O)(=O)CC2)ccc1C(F)(F)F. The molecule has 108 valence electrons. The standard InChI is InChI=1S/C12H11F3N2O2S/c13-12(14,15)11-2-1-10(7-9(11)8-16)17-3-5-20(18,19)6-4-17/h1-2,7H,3-6H2. The Morgan fingerprint density at radius 3 is 2.30 bits per heavy atom. The molecule has 0 saturated carbocycles. The van der Waals surface area contributed by atoms with Crippen molar-refractivity contribution in [2.45, 2.75) is 6.18 Å². The van der Waals surface area contributed by atoms with Crippen LogP contribution in [0.25, 0.3) is 0 Å². The van der Waals surface area contributed by atoms with Crippen LogP contribution in [-0.4, -0.2) is 33.0 Å². The number of sulfone groups is 1. The third-order valence-corrected chi connectivity index (χ3v) is 4.75. The molecule has 0 aromatic heterocycles. The van der Waals surface area contributed by atoms with Crippen LogP contribution < -0.4 is 4.90 Å². The Hall–Kier alpha value is -1.75. The van der Waals surface area contributed by atoms with E-state index >= 15 is 0 Å². The third kappa shape index (κ3) is 3.04. The zero-order valence-electron chi connectivity index (χ0n) is 10.3. The van der Waals surface area contributed by atoms with Gasteiger partial charge in [-0.25, -0.2) is 8.42 Å². The minimum absolute atomic E-state index is 0.0318. The summed E-state index contributed by atoms with van der Waals surface area (Å²) in [4.78, 5) is 1.67. The molecule has 4 nitrogen and oxygen atoms in total. The lowest BCUT2D eigenvalue weighted by atomic mass is 10.1. The van der Waals surface area contributed by atoms with Crippen molar-refractivity contribution in [2.75, 3.05) is 29.5 Å². The molecule has 20 heavy (non-hydrogen) atoms. The molecule has 1 fully saturated rings. The summed E-state index contributed by atoms with van der Waals surface area (Å²) in [5.74, 6) is -0.0637. The largest absolute Gasteiger partial charge is 0.417 e. The fraction of sp³-hybridized carbons (Fsp3) is 0.417. The van der Waals surface area contributed by atoms with E-state index in [2.05, 4.69) is 0 Å². The van der Waals surface area contributed by atoms with Gasteiger partial charge in [-0.1, -0.05) is 0 Å². The van der Waals surface area contributed by atoms with Crippen molar-refractivity contribution in [1.29, 1.82) is 5.26 Å². The fourth-order valence-electron chi connectivity index (χ4n) is 2.04. The molecular formula is C12H11F3N2O2S. The molecule has 0 unspecified atom stereocenters. The smallest absolute Gasteiger partial charge is 0.369 e. The first-order valence-corrected chi connectivity index (χ1v) is 7.62. The Balaban J connectivity index is 2.30. The highest BCUT2D eigenvalue weighted by Crippen LogP contribution is 2.33. The van der Waals surface area contributed by atoms with Crippen LogP contribution in [-0.2, 0) is 16.0 Å². The summed E-state index contributed by atoms with van der Waals surface area (Å²) >= 11 is 0. The molecule has 8 heteroatoms. The van der Waals surface area contributed by atoms with Crippen molar-refractivity contribution in [2.24, 2.45) is 0 Å². The second-order valence-electron chi connectivity index (χ2n) is 4.48. The molecule has 1 saturated heterocycles. The van der Waals surface area contributed by atoms with Crippen LogP contribution in [0.3, 0.4) is 0 Å². The van der Waals surface area contributed by atoms with E-state index in [0.717, 1.165) is 12.1 Å². The number of nitrogens with zero attached hydrogens (tertiary/aromatic N) is 2. The molecule has 1 aliphatic heterocycles. The van der Waals surface area contributed by atoms with Gasteiger partial charge in [0.05, 0.1) is 28.7 Å². The number of rotatable bonds is 1. The molecule has 0 amide bonds. The van der Waals surface area contributed by atoms with Gasteiger partial charge in [0.15, 0.2) is 9.84 Å². The van der Waals surface area contributed by atoms with Crippen molar-refractivity contribution < 1.29 is 21.6 Å². The number of nitriles is 1. The van der Waals surface area contributed by atoms with E-state index in [0.29, 0.717) is 5.69 Å². The number of hydrogen-bond acceptors (Lipinski definition) is 4. The van der Waals surface area contributed by atoms with Gasteiger partial charge < -0.3 is 4.90 Å². The van der Waals surface area contributed by atoms with E-state index < -0.39 is 27.1 Å². The van der Waals surface area contributed by atoms with Crippen molar-refractivity contribution in [3.8, 4) is 6.07 Å². The molecule has 0 spiro atoms. The number of hydrogen-bond donors (Lipinski definition) is 0. The van der Waals surface area contributed by atoms with Crippen LogP contribution in [0, 0.1) is 11.3 Å². The maximum Gasteiger partial charge on any atom is 0.417 e. The molecule has 1 heterocycles. The normalized spacial score (nSPS) is 18.6. The van der Waals surface area contributed by atoms with Crippen LogP contribution in [0.5, 0.6) is 0 Å². The summed E-state index contributed by atoms with van der Waals surface area (Å²) < 4.78 is 60.6. The van der Waals surface area contributed by atoms with Gasteiger partial charge in [0.1, 0.15) is 0 Å². The molecule has 2 rings (SSSR count). The highest BCUT2D eigenvalue weighted by molar-refractivity contribution is 7.91. The summed E-state index contributed by atoms with van der Waals surface area (Å²) in [6.07, 6.45) is -4.57. The first-order chi connectivity index (χ1) is 9.23. The van der Waals surface area contributed by atoms with E-state index in [4.69, 9.17) is 5.26 Å². The van der Waals surface area contributed by atoms with Gasteiger partial charge in [0, 0.05) is 18.8 Å². The molecule has 1 aromatic carbocycles. The lowest BCUT2D eigenvalue weighted by molar-refractivity contribution is -0.137. The van der Waals surface area contributed by atoms with Gasteiger partial charge in [-0.05, 0) is 18.2 Å². The Labute approximate surface area is 114 Å². The van der Waals surface area contributed by atoms with Gasteiger partial charge in [-0.15, -0.1) is 0 Å². The Morgan fingerprint density at radius 2 is 1.80 bits per heavy atom. The van der Waals surface area contributed by atoms with Crippen LogP contribution in [0.4, 0.5) is 18.9 Å². The lowest BCUT2D eigenvalue weighted by Gasteiger charge is -2.29. The number of anilines is 1. The van der Waals surface area contributed by atoms with Gasteiger partial charge in [-0.3, -0.25) is 0 Å². The summed E-state index contributed by atoms with van der Waals surface area (Å²) in [5.41, 5.74) is -0.999. The van der Waals surface area contributed by atoms with Crippen molar-refractivity contribution in [1.82, 2.24) is 0 Å². The maximum absolute atomic E-state index is 12.7. The zero-order chi connectivity index (χ0) is 15.0. The van der Waals surface area contributed by atoms with Crippen LogP contribution >= 0.6 is 0 Å². The molecule has 0 N–H and O–H groups in total. The topological polar surface area (TPSA) is 61.2 Å². The molecule has 0 atom stereocenters. The predicted molar refractivity (Wildman–Crippen MR) is 67.0 cm³/mol. The highest BCUT2D eigenvalue weighted by atomic mass is 32.2. The van der Waals surface area contributed by atoms with Gasteiger partial charge >= 0.3 is 6.18 Å². The minimum Gasteiger partial charge on any atom is -0.369 e. The first kappa shape index (κ1) is 14.7. The average molecular weight is 304 g/mol. The minimum atomic E-state index is -4.57. The Kier molecular flexibility index (Phi) is 3.65. The molecule has 1 aliphatic rings. The van der Waals surface area contributed by atoms with E-state index in [1.165, 1.54) is 12.1 Å². The lowest BCUT2D eigenvalue weighted by Crippen LogP contribution is -2.40. The third-order valence-electron chi connectivity index (χ3n) is 3.14. The number of halogens is 3. The van der Waals surface area contributed by atoms with Gasteiger partial charge in [0.2, 0.25) is 0 Å². The molecule has 0 aliphatic carbocycles. The zero-order valence-corrected chi connectivity index (χ0v) is 11.1. The fourth-order valence-corrected chi connectivity index (χ4v) is 3.24. The van der Waals surface area contributed by atoms with Crippen molar-refractivity contribution in [3.05, 3.63) is 29.3 Å². The van der Waals surface area contributed by atoms with E-state index in [9.17, 15) is 21.6 Å². The summed E-state index contributed by atoms with van der Waals surface area (Å²) in [6.45, 7) is 0.442. The predicted octanol–water partition coefficient (Wildman–Crippen LogP) is 1.81. The van der Waals surface area contributed by atoms with Crippen molar-refractivity contribution in [3.63, 3.8) is 0 Å². The summed E-state index contributed by atoms with van der Waals surface area (Å²) in [6, 6.07) is 4.81. The molecule has 1 aromatic rings. The summed E-state index contributed by atoms with van der Waals surface area (Å²) in [5, 5.41) is 8.82. The van der Waals surface area contributed by atoms with Crippen LogP contribution in [0.2, 0.25) is 0 Å². The quantitative estimate of drug-likeness (QED) is 0.794. The Morgan fingerprint density at radius 1 is 1.20 bits per heavy atom. The van der Waals surface area contributed by atoms with Crippen molar-refractivity contribution >= 4 is 15.5 Å².